The number of nitrogens with zero attached hydrogens (tertiary/aromatic N) is 2. The Hall–Kier alpha value is -2.87. The van der Waals surface area contributed by atoms with Gasteiger partial charge < -0.3 is 9.30 Å². The molecule has 2 N–H and O–H groups in total. The number of amides is 1. The van der Waals surface area contributed by atoms with Crippen LogP contribution in [0.25, 0.3) is 10.2 Å². The van der Waals surface area contributed by atoms with Gasteiger partial charge in [0.05, 0.1) is 33.2 Å². The van der Waals surface area contributed by atoms with Crippen molar-refractivity contribution in [3.63, 3.8) is 0 Å². The van der Waals surface area contributed by atoms with Crippen LogP contribution in [-0.4, -0.2) is 45.6 Å². The summed E-state index contributed by atoms with van der Waals surface area (Å²) in [6, 6.07) is 12.9. The summed E-state index contributed by atoms with van der Waals surface area (Å²) in [5.41, 5.74) is 1.15. The molecule has 1 amide bonds. The van der Waals surface area contributed by atoms with Crippen molar-refractivity contribution in [1.82, 2.24) is 4.57 Å². The first-order valence-corrected chi connectivity index (χ1v) is 14.8. The Kier molecular flexibility index (Phi) is 8.59. The van der Waals surface area contributed by atoms with E-state index < -0.39 is 31.7 Å². The lowest BCUT2D eigenvalue weighted by molar-refractivity contribution is -0.143. The molecule has 0 radical (unpaired) electrons. The summed E-state index contributed by atoms with van der Waals surface area (Å²) >= 11 is 1.01. The second-order valence-electron chi connectivity index (χ2n) is 7.64. The van der Waals surface area contributed by atoms with Crippen LogP contribution in [0, 0.1) is 0 Å². The fourth-order valence-corrected chi connectivity index (χ4v) is 6.44. The van der Waals surface area contributed by atoms with Crippen LogP contribution >= 0.6 is 11.3 Å². The number of carbonyl (C=O) groups is 2. The summed E-state index contributed by atoms with van der Waals surface area (Å²) in [5, 5.41) is 5.20. The van der Waals surface area contributed by atoms with Crippen LogP contribution in [0.1, 0.15) is 25.3 Å². The number of benzene rings is 2. The van der Waals surface area contributed by atoms with Crippen LogP contribution in [0.15, 0.2) is 58.4 Å². The van der Waals surface area contributed by atoms with Gasteiger partial charge in [-0.3, -0.25) is 9.59 Å². The molecule has 0 saturated carbocycles. The summed E-state index contributed by atoms with van der Waals surface area (Å²) in [7, 11) is -7.35. The van der Waals surface area contributed by atoms with Gasteiger partial charge in [-0.2, -0.15) is 4.99 Å². The lowest BCUT2D eigenvalue weighted by atomic mass is 10.2. The molecule has 0 aliphatic rings. The molecule has 0 saturated heterocycles. The normalized spacial score (nSPS) is 12.7. The lowest BCUT2D eigenvalue weighted by Crippen LogP contribution is -2.23. The fourth-order valence-electron chi connectivity index (χ4n) is 3.31. The lowest BCUT2D eigenvalue weighted by Gasteiger charge is -2.06. The summed E-state index contributed by atoms with van der Waals surface area (Å²) < 4.78 is 55.0. The van der Waals surface area contributed by atoms with Gasteiger partial charge in [-0.25, -0.2) is 22.0 Å². The van der Waals surface area contributed by atoms with E-state index in [9.17, 15) is 26.4 Å². The van der Waals surface area contributed by atoms with Gasteiger partial charge in [-0.1, -0.05) is 41.7 Å². The first-order valence-electron chi connectivity index (χ1n) is 10.6. The first-order chi connectivity index (χ1) is 16.5. The zero-order valence-electron chi connectivity index (χ0n) is 18.9. The van der Waals surface area contributed by atoms with Gasteiger partial charge >= 0.3 is 5.97 Å². The molecule has 0 aliphatic heterocycles. The molecule has 0 atom stereocenters. The Morgan fingerprint density at radius 2 is 1.80 bits per heavy atom. The van der Waals surface area contributed by atoms with Crippen molar-refractivity contribution in [3.8, 4) is 0 Å². The monoisotopic (exact) mass is 539 g/mol. The molecule has 188 valence electrons. The molecule has 0 aliphatic carbocycles. The number of hydrogen-bond donors (Lipinski definition) is 1. The predicted molar refractivity (Wildman–Crippen MR) is 132 cm³/mol. The fraction of sp³-hybridized carbons (Fsp3) is 0.318. The first kappa shape index (κ1) is 26.7. The van der Waals surface area contributed by atoms with Gasteiger partial charge in [0.25, 0.3) is 0 Å². The Balaban J connectivity index is 1.81. The van der Waals surface area contributed by atoms with Crippen molar-refractivity contribution in [3.05, 3.63) is 58.9 Å². The molecule has 1 aromatic heterocycles. The highest BCUT2D eigenvalue weighted by Crippen LogP contribution is 2.21. The Labute approximate surface area is 207 Å². The zero-order valence-corrected chi connectivity index (χ0v) is 21.4. The number of aromatic nitrogens is 1. The molecule has 13 heteroatoms. The van der Waals surface area contributed by atoms with E-state index in [1.807, 2.05) is 0 Å². The summed E-state index contributed by atoms with van der Waals surface area (Å²) in [5.74, 6) is -1.39. The van der Waals surface area contributed by atoms with Crippen molar-refractivity contribution in [2.75, 3.05) is 12.4 Å². The Bertz CT molecular complexity index is 1510. The van der Waals surface area contributed by atoms with E-state index in [2.05, 4.69) is 4.99 Å². The van der Waals surface area contributed by atoms with Crippen LogP contribution in [0.2, 0.25) is 0 Å². The minimum Gasteiger partial charge on any atom is -0.465 e. The number of esters is 1. The number of carbonyl (C=O) groups excluding carboxylic acids is 2. The number of ether oxygens (including phenoxy) is 1. The highest BCUT2D eigenvalue weighted by Gasteiger charge is 2.16. The smallest absolute Gasteiger partial charge is 0.326 e. The zero-order chi connectivity index (χ0) is 25.6. The van der Waals surface area contributed by atoms with Gasteiger partial charge in [-0.05, 0) is 37.1 Å². The summed E-state index contributed by atoms with van der Waals surface area (Å²) in [4.78, 5) is 28.7. The predicted octanol–water partition coefficient (Wildman–Crippen LogP) is 1.74. The highest BCUT2D eigenvalue weighted by molar-refractivity contribution is 7.90. The topological polar surface area (TPSA) is 155 Å². The van der Waals surface area contributed by atoms with E-state index in [1.165, 1.54) is 22.8 Å². The number of hydrogen-bond acceptors (Lipinski definition) is 8. The van der Waals surface area contributed by atoms with Crippen LogP contribution in [0.3, 0.4) is 0 Å². The second kappa shape index (κ2) is 11.2. The molecule has 35 heavy (non-hydrogen) atoms. The van der Waals surface area contributed by atoms with Crippen molar-refractivity contribution < 1.29 is 31.2 Å². The number of sulfonamides is 1. The van der Waals surface area contributed by atoms with Crippen molar-refractivity contribution >= 4 is 53.3 Å². The highest BCUT2D eigenvalue weighted by atomic mass is 32.2. The van der Waals surface area contributed by atoms with Gasteiger partial charge in [0.1, 0.15) is 6.54 Å². The van der Waals surface area contributed by atoms with Crippen LogP contribution in [0.5, 0.6) is 0 Å². The van der Waals surface area contributed by atoms with Crippen LogP contribution < -0.4 is 9.94 Å². The third kappa shape index (κ3) is 7.56. The standard InChI is InChI=1S/C22H25N3O7S3/c1-2-32-21(27)14-25-18-11-10-17(35(23,30)31)13-19(18)33-22(25)24-20(26)9-6-12-34(28,29)15-16-7-4-3-5-8-16/h3-5,7-8,10-11,13H,2,6,9,12,14-15H2,1H3,(H2,23,30,31). The Morgan fingerprint density at radius 3 is 2.46 bits per heavy atom. The molecule has 3 aromatic rings. The number of primary sulfonamides is 1. The van der Waals surface area contributed by atoms with Crippen molar-refractivity contribution in [1.29, 1.82) is 0 Å². The van der Waals surface area contributed by atoms with E-state index in [1.54, 1.807) is 37.3 Å². The van der Waals surface area contributed by atoms with E-state index in [0.29, 0.717) is 15.8 Å². The average Bonchev–Trinajstić information content (AvgIpc) is 3.09. The molecule has 0 unspecified atom stereocenters. The largest absolute Gasteiger partial charge is 0.465 e. The molecule has 2 aromatic carbocycles. The minimum atomic E-state index is -3.95. The van der Waals surface area contributed by atoms with Gasteiger partial charge in [0, 0.05) is 6.42 Å². The maximum Gasteiger partial charge on any atom is 0.326 e. The van der Waals surface area contributed by atoms with Gasteiger partial charge in [0.15, 0.2) is 14.6 Å². The Morgan fingerprint density at radius 1 is 1.09 bits per heavy atom. The molecule has 0 fully saturated rings. The van der Waals surface area contributed by atoms with Gasteiger partial charge in [-0.15, -0.1) is 0 Å². The molecule has 0 spiro atoms. The van der Waals surface area contributed by atoms with Crippen molar-refractivity contribution in [2.24, 2.45) is 10.1 Å². The minimum absolute atomic E-state index is 0.0931. The number of thiazole rings is 1. The summed E-state index contributed by atoms with van der Waals surface area (Å²) in [6.07, 6.45) is -0.0140. The molecule has 0 bridgehead atoms. The SMILES string of the molecule is CCOC(=O)Cn1c(=NC(=O)CCCS(=O)(=O)Cc2ccccc2)sc2cc(S(N)(=O)=O)ccc21. The van der Waals surface area contributed by atoms with E-state index in [-0.39, 0.29) is 47.2 Å². The van der Waals surface area contributed by atoms with Crippen molar-refractivity contribution in [2.45, 2.75) is 37.0 Å². The maximum absolute atomic E-state index is 12.5. The molecular weight excluding hydrogens is 514 g/mol. The number of rotatable bonds is 10. The maximum atomic E-state index is 12.5. The number of sulfone groups is 1. The van der Waals surface area contributed by atoms with E-state index in [0.717, 1.165) is 11.3 Å². The molecule has 3 rings (SSSR count). The van der Waals surface area contributed by atoms with Gasteiger partial charge in [0.2, 0.25) is 15.9 Å². The molecule has 10 nitrogen and oxygen atoms in total. The average molecular weight is 540 g/mol. The third-order valence-electron chi connectivity index (χ3n) is 4.87. The van der Waals surface area contributed by atoms with E-state index in [4.69, 9.17) is 9.88 Å². The molecular formula is C22H25N3O7S3. The number of fused-ring (bicyclic) bond motifs is 1. The van der Waals surface area contributed by atoms with Crippen LogP contribution in [0.4, 0.5) is 0 Å². The summed E-state index contributed by atoms with van der Waals surface area (Å²) in [6.45, 7) is 1.59. The molecule has 1 heterocycles. The quantitative estimate of drug-likeness (QED) is 0.385. The third-order valence-corrected chi connectivity index (χ3v) is 8.51. The van der Waals surface area contributed by atoms with Crippen LogP contribution in [-0.2, 0) is 46.5 Å². The van der Waals surface area contributed by atoms with E-state index >= 15 is 0 Å². The number of nitrogens with two attached hydrogens (primary N) is 1. The second-order valence-corrected chi connectivity index (χ2v) is 12.4.